The van der Waals surface area contributed by atoms with E-state index in [-0.39, 0.29) is 6.42 Å². The molecule has 1 N–H and O–H groups in total. The maximum absolute atomic E-state index is 10.8. The zero-order valence-corrected chi connectivity index (χ0v) is 12.8. The smallest absolute Gasteiger partial charge is 0.304 e. The molecule has 0 spiro atoms. The van der Waals surface area contributed by atoms with Crippen molar-refractivity contribution in [3.63, 3.8) is 0 Å². The van der Waals surface area contributed by atoms with Gasteiger partial charge in [-0.25, -0.2) is 0 Å². The predicted molar refractivity (Wildman–Crippen MR) is 84.3 cm³/mol. The molecule has 0 radical (unpaired) electrons. The summed E-state index contributed by atoms with van der Waals surface area (Å²) in [6, 6.07) is 10.5. The summed E-state index contributed by atoms with van der Waals surface area (Å²) < 4.78 is 0. The zero-order valence-electron chi connectivity index (χ0n) is 12.8. The molecule has 2 rings (SSSR count). The number of rotatable bonds is 6. The molecule has 4 heteroatoms. The van der Waals surface area contributed by atoms with Crippen LogP contribution in [0.2, 0.25) is 0 Å². The number of aryl methyl sites for hydroxylation is 1. The van der Waals surface area contributed by atoms with Gasteiger partial charge in [0.2, 0.25) is 0 Å². The lowest BCUT2D eigenvalue weighted by Crippen LogP contribution is -2.32. The molecule has 1 heterocycles. The summed E-state index contributed by atoms with van der Waals surface area (Å²) >= 11 is 0. The molecule has 0 aliphatic heterocycles. The van der Waals surface area contributed by atoms with Gasteiger partial charge in [0.05, 0.1) is 11.9 Å². The Balaban J connectivity index is 2.29. The molecule has 2 aromatic rings. The number of para-hydroxylation sites is 1. The maximum atomic E-state index is 10.8. The highest BCUT2D eigenvalue weighted by atomic mass is 16.4. The van der Waals surface area contributed by atoms with Crippen LogP contribution in [0, 0.1) is 6.92 Å². The average molecular weight is 286 g/mol. The fourth-order valence-electron chi connectivity index (χ4n) is 2.50. The van der Waals surface area contributed by atoms with Gasteiger partial charge in [-0.15, -0.1) is 0 Å². The van der Waals surface area contributed by atoms with Gasteiger partial charge in [0.1, 0.15) is 0 Å². The molecule has 1 aromatic carbocycles. The van der Waals surface area contributed by atoms with E-state index in [9.17, 15) is 4.79 Å². The second kappa shape index (κ2) is 6.68. The van der Waals surface area contributed by atoms with Crippen LogP contribution in [-0.4, -0.2) is 33.5 Å². The molecule has 112 valence electrons. The average Bonchev–Trinajstić information content (AvgIpc) is 2.42. The van der Waals surface area contributed by atoms with E-state index in [2.05, 4.69) is 35.9 Å². The molecule has 0 bridgehead atoms. The Kier molecular flexibility index (Phi) is 4.91. The number of hydrogen-bond acceptors (Lipinski definition) is 3. The first-order chi connectivity index (χ1) is 9.97. The number of carboxylic acids is 1. The first-order valence-electron chi connectivity index (χ1n) is 7.28. The molecule has 1 aromatic heterocycles. The van der Waals surface area contributed by atoms with E-state index in [1.54, 1.807) is 0 Å². The summed E-state index contributed by atoms with van der Waals surface area (Å²) in [5, 5.41) is 10.0. The standard InChI is InChI=1S/C17H22N2O2/c1-12(2)19(9-8-17(20)21)11-14-10-13(3)18-16-7-5-4-6-15(14)16/h4-7,10,12H,8-9,11H2,1-3H3,(H,20,21). The summed E-state index contributed by atoms with van der Waals surface area (Å²) in [6.07, 6.45) is 0.167. The van der Waals surface area contributed by atoms with Crippen molar-refractivity contribution in [1.29, 1.82) is 0 Å². The van der Waals surface area contributed by atoms with Crippen LogP contribution >= 0.6 is 0 Å². The van der Waals surface area contributed by atoms with Crippen LogP contribution < -0.4 is 0 Å². The Labute approximate surface area is 125 Å². The highest BCUT2D eigenvalue weighted by molar-refractivity contribution is 5.82. The van der Waals surface area contributed by atoms with Gasteiger partial charge in [-0.3, -0.25) is 14.7 Å². The lowest BCUT2D eigenvalue weighted by Gasteiger charge is -2.26. The van der Waals surface area contributed by atoms with Gasteiger partial charge in [0.15, 0.2) is 0 Å². The summed E-state index contributed by atoms with van der Waals surface area (Å²) in [5.41, 5.74) is 3.19. The van der Waals surface area contributed by atoms with E-state index >= 15 is 0 Å². The van der Waals surface area contributed by atoms with Crippen molar-refractivity contribution < 1.29 is 9.90 Å². The quantitative estimate of drug-likeness (QED) is 0.886. The second-order valence-corrected chi connectivity index (χ2v) is 5.65. The Morgan fingerprint density at radius 1 is 1.33 bits per heavy atom. The van der Waals surface area contributed by atoms with Crippen LogP contribution in [0.1, 0.15) is 31.5 Å². The van der Waals surface area contributed by atoms with E-state index in [4.69, 9.17) is 5.11 Å². The number of carbonyl (C=O) groups is 1. The third-order valence-corrected chi connectivity index (χ3v) is 3.65. The molecular formula is C17H22N2O2. The van der Waals surface area contributed by atoms with Crippen LogP contribution in [-0.2, 0) is 11.3 Å². The van der Waals surface area contributed by atoms with Crippen LogP contribution in [0.4, 0.5) is 0 Å². The Morgan fingerprint density at radius 3 is 2.71 bits per heavy atom. The van der Waals surface area contributed by atoms with Crippen molar-refractivity contribution in [3.8, 4) is 0 Å². The minimum absolute atomic E-state index is 0.167. The Bertz CT molecular complexity index is 638. The minimum Gasteiger partial charge on any atom is -0.481 e. The van der Waals surface area contributed by atoms with Crippen molar-refractivity contribution in [1.82, 2.24) is 9.88 Å². The first-order valence-corrected chi connectivity index (χ1v) is 7.28. The van der Waals surface area contributed by atoms with Gasteiger partial charge >= 0.3 is 5.97 Å². The zero-order chi connectivity index (χ0) is 15.4. The third-order valence-electron chi connectivity index (χ3n) is 3.65. The largest absolute Gasteiger partial charge is 0.481 e. The van der Waals surface area contributed by atoms with Gasteiger partial charge in [-0.1, -0.05) is 18.2 Å². The molecule has 0 amide bonds. The molecule has 0 atom stereocenters. The Hall–Kier alpha value is -1.94. The molecule has 0 saturated heterocycles. The SMILES string of the molecule is Cc1cc(CN(CCC(=O)O)C(C)C)c2ccccc2n1. The van der Waals surface area contributed by atoms with Crippen LogP contribution in [0.15, 0.2) is 30.3 Å². The number of fused-ring (bicyclic) bond motifs is 1. The van der Waals surface area contributed by atoms with E-state index in [1.165, 1.54) is 5.56 Å². The first kappa shape index (κ1) is 15.4. The maximum Gasteiger partial charge on any atom is 0.304 e. The van der Waals surface area contributed by atoms with Gasteiger partial charge in [-0.05, 0) is 38.5 Å². The highest BCUT2D eigenvalue weighted by Gasteiger charge is 2.14. The summed E-state index contributed by atoms with van der Waals surface area (Å²) in [5.74, 6) is -0.753. The summed E-state index contributed by atoms with van der Waals surface area (Å²) in [6.45, 7) is 7.49. The van der Waals surface area contributed by atoms with Gasteiger partial charge in [0.25, 0.3) is 0 Å². The molecular weight excluding hydrogens is 264 g/mol. The third kappa shape index (κ3) is 4.02. The lowest BCUT2D eigenvalue weighted by molar-refractivity contribution is -0.137. The molecule has 4 nitrogen and oxygen atoms in total. The Morgan fingerprint density at radius 2 is 2.05 bits per heavy atom. The van der Waals surface area contributed by atoms with E-state index < -0.39 is 5.97 Å². The number of pyridine rings is 1. The predicted octanol–water partition coefficient (Wildman–Crippen LogP) is 3.23. The molecule has 0 unspecified atom stereocenters. The molecule has 0 saturated carbocycles. The topological polar surface area (TPSA) is 53.4 Å². The second-order valence-electron chi connectivity index (χ2n) is 5.65. The number of aromatic nitrogens is 1. The van der Waals surface area contributed by atoms with Crippen LogP contribution in [0.3, 0.4) is 0 Å². The number of carboxylic acid groups (broad SMARTS) is 1. The normalized spacial score (nSPS) is 11.5. The van der Waals surface area contributed by atoms with E-state index in [0.29, 0.717) is 12.6 Å². The van der Waals surface area contributed by atoms with Crippen molar-refractivity contribution in [2.45, 2.75) is 39.8 Å². The summed E-state index contributed by atoms with van der Waals surface area (Å²) in [7, 11) is 0. The van der Waals surface area contributed by atoms with Crippen molar-refractivity contribution in [2.75, 3.05) is 6.54 Å². The number of benzene rings is 1. The van der Waals surface area contributed by atoms with Crippen molar-refractivity contribution >= 4 is 16.9 Å². The van der Waals surface area contributed by atoms with Crippen molar-refractivity contribution in [3.05, 3.63) is 41.6 Å². The van der Waals surface area contributed by atoms with E-state index in [1.807, 2.05) is 25.1 Å². The van der Waals surface area contributed by atoms with Crippen LogP contribution in [0.25, 0.3) is 10.9 Å². The molecule has 0 aliphatic rings. The van der Waals surface area contributed by atoms with Crippen molar-refractivity contribution in [2.24, 2.45) is 0 Å². The van der Waals surface area contributed by atoms with E-state index in [0.717, 1.165) is 23.1 Å². The summed E-state index contributed by atoms with van der Waals surface area (Å²) in [4.78, 5) is 17.5. The van der Waals surface area contributed by atoms with Gasteiger partial charge in [0, 0.05) is 30.2 Å². The molecule has 0 fully saturated rings. The fourth-order valence-corrected chi connectivity index (χ4v) is 2.50. The minimum atomic E-state index is -0.753. The van der Waals surface area contributed by atoms with Gasteiger partial charge in [-0.2, -0.15) is 0 Å². The number of hydrogen-bond donors (Lipinski definition) is 1. The fraction of sp³-hybridized carbons (Fsp3) is 0.412. The van der Waals surface area contributed by atoms with Gasteiger partial charge < -0.3 is 5.11 Å². The highest BCUT2D eigenvalue weighted by Crippen LogP contribution is 2.20. The molecule has 0 aliphatic carbocycles. The molecule has 21 heavy (non-hydrogen) atoms. The lowest BCUT2D eigenvalue weighted by atomic mass is 10.1. The monoisotopic (exact) mass is 286 g/mol. The number of aliphatic carboxylic acids is 1. The van der Waals surface area contributed by atoms with Crippen LogP contribution in [0.5, 0.6) is 0 Å². The number of nitrogens with zero attached hydrogens (tertiary/aromatic N) is 2.